The number of carbonyl (C=O) groups is 2. The molecule has 1 heterocycles. The molecule has 1 N–H and O–H groups in total. The molecule has 1 aliphatic carbocycles. The molecule has 114 valence electrons. The molecule has 0 spiro atoms. The third-order valence-electron chi connectivity index (χ3n) is 4.43. The van der Waals surface area contributed by atoms with Crippen LogP contribution in [-0.4, -0.2) is 35.3 Å². The summed E-state index contributed by atoms with van der Waals surface area (Å²) in [6.45, 7) is 6.96. The van der Waals surface area contributed by atoms with Crippen molar-refractivity contribution < 1.29 is 9.59 Å². The average Bonchev–Trinajstić information content (AvgIpc) is 3.21. The lowest BCUT2D eigenvalue weighted by atomic mass is 9.95. The molecule has 2 atom stereocenters. The summed E-state index contributed by atoms with van der Waals surface area (Å²) < 4.78 is 0. The van der Waals surface area contributed by atoms with Gasteiger partial charge in [-0.2, -0.15) is 0 Å². The summed E-state index contributed by atoms with van der Waals surface area (Å²) in [5.41, 5.74) is 0. The SMILES string of the molecule is CCCCCCN1C(=O)C(C2CC2)NC(=O)C1C(C)C. The molecule has 0 bridgehead atoms. The van der Waals surface area contributed by atoms with Gasteiger partial charge in [0.15, 0.2) is 0 Å². The number of piperazine rings is 1. The molecule has 0 aromatic heterocycles. The van der Waals surface area contributed by atoms with Gasteiger partial charge < -0.3 is 10.2 Å². The second-order valence-electron chi connectivity index (χ2n) is 6.60. The molecule has 1 saturated heterocycles. The van der Waals surface area contributed by atoms with Gasteiger partial charge >= 0.3 is 0 Å². The number of amides is 2. The fraction of sp³-hybridized carbons (Fsp3) is 0.875. The van der Waals surface area contributed by atoms with Crippen molar-refractivity contribution in [1.29, 1.82) is 0 Å². The van der Waals surface area contributed by atoms with Crippen LogP contribution in [0, 0.1) is 11.8 Å². The molecule has 0 aromatic rings. The lowest BCUT2D eigenvalue weighted by Gasteiger charge is -2.41. The predicted octanol–water partition coefficient (Wildman–Crippen LogP) is 2.33. The van der Waals surface area contributed by atoms with Gasteiger partial charge in [-0.1, -0.05) is 40.0 Å². The van der Waals surface area contributed by atoms with E-state index in [1.54, 1.807) is 0 Å². The van der Waals surface area contributed by atoms with E-state index in [0.29, 0.717) is 5.92 Å². The Bertz CT molecular complexity index is 363. The maximum Gasteiger partial charge on any atom is 0.246 e. The van der Waals surface area contributed by atoms with E-state index in [1.165, 1.54) is 12.8 Å². The smallest absolute Gasteiger partial charge is 0.246 e. The van der Waals surface area contributed by atoms with Gasteiger partial charge in [-0.25, -0.2) is 0 Å². The van der Waals surface area contributed by atoms with Gasteiger partial charge in [-0.05, 0) is 31.1 Å². The zero-order chi connectivity index (χ0) is 14.7. The maximum atomic E-state index is 12.6. The van der Waals surface area contributed by atoms with Crippen LogP contribution in [0.4, 0.5) is 0 Å². The van der Waals surface area contributed by atoms with Crippen LogP contribution in [0.3, 0.4) is 0 Å². The lowest BCUT2D eigenvalue weighted by molar-refractivity contribution is -0.151. The predicted molar refractivity (Wildman–Crippen MR) is 79.1 cm³/mol. The zero-order valence-electron chi connectivity index (χ0n) is 13.0. The zero-order valence-corrected chi connectivity index (χ0v) is 13.0. The van der Waals surface area contributed by atoms with Crippen molar-refractivity contribution in [2.45, 2.75) is 71.4 Å². The molecule has 4 heteroatoms. The Morgan fingerprint density at radius 2 is 1.90 bits per heavy atom. The van der Waals surface area contributed by atoms with Gasteiger partial charge in [0.05, 0.1) is 0 Å². The summed E-state index contributed by atoms with van der Waals surface area (Å²) in [4.78, 5) is 26.8. The van der Waals surface area contributed by atoms with Crippen molar-refractivity contribution in [3.8, 4) is 0 Å². The molecular weight excluding hydrogens is 252 g/mol. The number of nitrogens with zero attached hydrogens (tertiary/aromatic N) is 1. The molecule has 0 aromatic carbocycles. The summed E-state index contributed by atoms with van der Waals surface area (Å²) in [7, 11) is 0. The number of nitrogens with one attached hydrogen (secondary N) is 1. The van der Waals surface area contributed by atoms with E-state index in [9.17, 15) is 9.59 Å². The van der Waals surface area contributed by atoms with Crippen molar-refractivity contribution in [1.82, 2.24) is 10.2 Å². The summed E-state index contributed by atoms with van der Waals surface area (Å²) in [6.07, 6.45) is 6.69. The maximum absolute atomic E-state index is 12.6. The highest BCUT2D eigenvalue weighted by atomic mass is 16.2. The first kappa shape index (κ1) is 15.3. The van der Waals surface area contributed by atoms with Crippen LogP contribution in [0.15, 0.2) is 0 Å². The fourth-order valence-corrected chi connectivity index (χ4v) is 3.13. The van der Waals surface area contributed by atoms with E-state index < -0.39 is 0 Å². The third kappa shape index (κ3) is 3.33. The summed E-state index contributed by atoms with van der Waals surface area (Å²) in [5.74, 6) is 0.761. The Balaban J connectivity index is 2.03. The molecule has 1 aliphatic heterocycles. The van der Waals surface area contributed by atoms with Crippen LogP contribution in [-0.2, 0) is 9.59 Å². The Morgan fingerprint density at radius 1 is 1.20 bits per heavy atom. The molecule has 2 rings (SSSR count). The largest absolute Gasteiger partial charge is 0.342 e. The number of carbonyl (C=O) groups excluding carboxylic acids is 2. The molecule has 1 saturated carbocycles. The Morgan fingerprint density at radius 3 is 2.45 bits per heavy atom. The van der Waals surface area contributed by atoms with Gasteiger partial charge in [0, 0.05) is 6.54 Å². The molecule has 2 amide bonds. The molecular formula is C16H28N2O2. The van der Waals surface area contributed by atoms with Gasteiger partial charge in [0.25, 0.3) is 0 Å². The minimum atomic E-state index is -0.279. The van der Waals surface area contributed by atoms with Crippen LogP contribution in [0.1, 0.15) is 59.3 Å². The molecule has 2 aliphatic rings. The van der Waals surface area contributed by atoms with Crippen LogP contribution in [0.5, 0.6) is 0 Å². The van der Waals surface area contributed by atoms with E-state index in [4.69, 9.17) is 0 Å². The monoisotopic (exact) mass is 280 g/mol. The first-order valence-corrected chi connectivity index (χ1v) is 8.17. The highest BCUT2D eigenvalue weighted by Gasteiger charge is 2.47. The minimum absolute atomic E-state index is 0.0481. The van der Waals surface area contributed by atoms with E-state index in [1.807, 2.05) is 18.7 Å². The normalized spacial score (nSPS) is 27.1. The lowest BCUT2D eigenvalue weighted by Crippen LogP contribution is -2.65. The van der Waals surface area contributed by atoms with Crippen LogP contribution < -0.4 is 5.32 Å². The Labute approximate surface area is 122 Å². The summed E-state index contributed by atoms with van der Waals surface area (Å²) in [5, 5.41) is 2.96. The number of rotatable bonds is 7. The second kappa shape index (κ2) is 6.59. The van der Waals surface area contributed by atoms with Crippen LogP contribution in [0.2, 0.25) is 0 Å². The molecule has 20 heavy (non-hydrogen) atoms. The van der Waals surface area contributed by atoms with E-state index in [-0.39, 0.29) is 29.8 Å². The number of hydrogen-bond acceptors (Lipinski definition) is 2. The van der Waals surface area contributed by atoms with Gasteiger partial charge in [-0.3, -0.25) is 9.59 Å². The van der Waals surface area contributed by atoms with E-state index in [2.05, 4.69) is 12.2 Å². The summed E-state index contributed by atoms with van der Waals surface area (Å²) >= 11 is 0. The van der Waals surface area contributed by atoms with Crippen LogP contribution >= 0.6 is 0 Å². The highest BCUT2D eigenvalue weighted by Crippen LogP contribution is 2.35. The summed E-state index contributed by atoms with van der Waals surface area (Å²) in [6, 6.07) is -0.525. The van der Waals surface area contributed by atoms with E-state index in [0.717, 1.165) is 32.2 Å². The van der Waals surface area contributed by atoms with E-state index >= 15 is 0 Å². The second-order valence-corrected chi connectivity index (χ2v) is 6.60. The Hall–Kier alpha value is -1.06. The Kier molecular flexibility index (Phi) is 5.06. The van der Waals surface area contributed by atoms with Crippen molar-refractivity contribution in [2.24, 2.45) is 11.8 Å². The van der Waals surface area contributed by atoms with Crippen molar-refractivity contribution in [3.63, 3.8) is 0 Å². The highest BCUT2D eigenvalue weighted by molar-refractivity contribution is 5.97. The number of hydrogen-bond donors (Lipinski definition) is 1. The molecule has 4 nitrogen and oxygen atoms in total. The van der Waals surface area contributed by atoms with Crippen molar-refractivity contribution in [2.75, 3.05) is 6.54 Å². The molecule has 2 unspecified atom stereocenters. The quantitative estimate of drug-likeness (QED) is 0.728. The first-order chi connectivity index (χ1) is 9.56. The minimum Gasteiger partial charge on any atom is -0.342 e. The van der Waals surface area contributed by atoms with Crippen molar-refractivity contribution in [3.05, 3.63) is 0 Å². The molecule has 0 radical (unpaired) electrons. The van der Waals surface area contributed by atoms with Gasteiger partial charge in [0.1, 0.15) is 12.1 Å². The standard InChI is InChI=1S/C16H28N2O2/c1-4-5-6-7-10-18-14(11(2)3)15(19)17-13(16(18)20)12-8-9-12/h11-14H,4-10H2,1-3H3,(H,17,19). The van der Waals surface area contributed by atoms with Gasteiger partial charge in [-0.15, -0.1) is 0 Å². The van der Waals surface area contributed by atoms with Gasteiger partial charge in [0.2, 0.25) is 11.8 Å². The number of unbranched alkanes of at least 4 members (excludes halogenated alkanes) is 3. The molecule has 2 fully saturated rings. The third-order valence-corrected chi connectivity index (χ3v) is 4.43. The topological polar surface area (TPSA) is 49.4 Å². The fourth-order valence-electron chi connectivity index (χ4n) is 3.13. The average molecular weight is 280 g/mol. The van der Waals surface area contributed by atoms with Crippen LogP contribution in [0.25, 0.3) is 0 Å². The van der Waals surface area contributed by atoms with Crippen molar-refractivity contribution >= 4 is 11.8 Å². The first-order valence-electron chi connectivity index (χ1n) is 8.17.